The molecule has 18 heavy (non-hydrogen) atoms. The van der Waals surface area contributed by atoms with Gasteiger partial charge in [0.2, 0.25) is 5.91 Å². The Morgan fingerprint density at radius 2 is 2.06 bits per heavy atom. The normalized spacial score (nSPS) is 14.4. The molecule has 0 saturated heterocycles. The summed E-state index contributed by atoms with van der Waals surface area (Å²) in [5, 5.41) is 2.92. The molecule has 0 radical (unpaired) electrons. The fourth-order valence-electron chi connectivity index (χ4n) is 2.47. The number of amides is 1. The van der Waals surface area contributed by atoms with Gasteiger partial charge in [-0.1, -0.05) is 32.0 Å². The van der Waals surface area contributed by atoms with E-state index < -0.39 is 0 Å². The lowest BCUT2D eigenvalue weighted by Gasteiger charge is -2.26. The SMILES string of the molecule is CC(C)(CNC(=O)CS)c1ccc2c(c1)CCC2. The van der Waals surface area contributed by atoms with Crippen molar-refractivity contribution in [3.05, 3.63) is 34.9 Å². The molecule has 0 unspecified atom stereocenters. The lowest BCUT2D eigenvalue weighted by atomic mass is 9.83. The van der Waals surface area contributed by atoms with Crippen molar-refractivity contribution >= 4 is 18.5 Å². The first-order chi connectivity index (χ1) is 8.53. The van der Waals surface area contributed by atoms with Gasteiger partial charge in [0, 0.05) is 12.0 Å². The predicted octanol–water partition coefficient (Wildman–Crippen LogP) is 2.50. The summed E-state index contributed by atoms with van der Waals surface area (Å²) in [6, 6.07) is 6.77. The van der Waals surface area contributed by atoms with Gasteiger partial charge >= 0.3 is 0 Å². The van der Waals surface area contributed by atoms with Crippen LogP contribution in [0.2, 0.25) is 0 Å². The fraction of sp³-hybridized carbons (Fsp3) is 0.533. The first-order valence-electron chi connectivity index (χ1n) is 6.53. The summed E-state index contributed by atoms with van der Waals surface area (Å²) in [5.41, 5.74) is 4.26. The Hall–Kier alpha value is -0.960. The third-order valence-corrected chi connectivity index (χ3v) is 4.04. The maximum absolute atomic E-state index is 11.3. The van der Waals surface area contributed by atoms with Crippen LogP contribution in [0.15, 0.2) is 18.2 Å². The minimum Gasteiger partial charge on any atom is -0.355 e. The van der Waals surface area contributed by atoms with Crippen molar-refractivity contribution in [3.63, 3.8) is 0 Å². The third kappa shape index (κ3) is 2.89. The molecule has 0 bridgehead atoms. The monoisotopic (exact) mass is 263 g/mol. The summed E-state index contributed by atoms with van der Waals surface area (Å²) >= 11 is 3.97. The highest BCUT2D eigenvalue weighted by Gasteiger charge is 2.23. The fourth-order valence-corrected chi connectivity index (χ4v) is 2.58. The Kier molecular flexibility index (Phi) is 4.00. The van der Waals surface area contributed by atoms with Crippen LogP contribution in [0, 0.1) is 0 Å². The summed E-state index contributed by atoms with van der Waals surface area (Å²) in [7, 11) is 0. The van der Waals surface area contributed by atoms with E-state index in [0.29, 0.717) is 6.54 Å². The zero-order chi connectivity index (χ0) is 13.2. The minimum absolute atomic E-state index is 0.00688. The van der Waals surface area contributed by atoms with Gasteiger partial charge in [0.1, 0.15) is 0 Å². The number of hydrogen-bond acceptors (Lipinski definition) is 2. The molecule has 1 aliphatic carbocycles. The van der Waals surface area contributed by atoms with Gasteiger partial charge in [-0.05, 0) is 36.0 Å². The molecule has 2 nitrogen and oxygen atoms in total. The van der Waals surface area contributed by atoms with Crippen LogP contribution in [0.1, 0.15) is 37.0 Å². The molecule has 0 spiro atoms. The Labute approximate surface area is 115 Å². The zero-order valence-corrected chi connectivity index (χ0v) is 12.0. The summed E-state index contributed by atoms with van der Waals surface area (Å²) in [6.45, 7) is 5.00. The van der Waals surface area contributed by atoms with E-state index in [0.717, 1.165) is 0 Å². The average molecular weight is 263 g/mol. The van der Waals surface area contributed by atoms with E-state index in [4.69, 9.17) is 0 Å². The molecule has 1 aromatic carbocycles. The van der Waals surface area contributed by atoms with E-state index in [-0.39, 0.29) is 17.1 Å². The van der Waals surface area contributed by atoms with Gasteiger partial charge in [0.05, 0.1) is 5.75 Å². The van der Waals surface area contributed by atoms with Gasteiger partial charge < -0.3 is 5.32 Å². The highest BCUT2D eigenvalue weighted by molar-refractivity contribution is 7.81. The molecule has 1 aromatic rings. The molecule has 2 rings (SSSR count). The number of nitrogens with one attached hydrogen (secondary N) is 1. The number of rotatable bonds is 4. The Morgan fingerprint density at radius 3 is 2.78 bits per heavy atom. The molecule has 0 heterocycles. The number of fused-ring (bicyclic) bond motifs is 1. The van der Waals surface area contributed by atoms with Crippen molar-refractivity contribution in [2.24, 2.45) is 0 Å². The van der Waals surface area contributed by atoms with Crippen LogP contribution in [0.3, 0.4) is 0 Å². The number of thiol groups is 1. The largest absolute Gasteiger partial charge is 0.355 e. The maximum Gasteiger partial charge on any atom is 0.229 e. The average Bonchev–Trinajstić information content (AvgIpc) is 2.83. The van der Waals surface area contributed by atoms with Crippen molar-refractivity contribution in [3.8, 4) is 0 Å². The van der Waals surface area contributed by atoms with Crippen molar-refractivity contribution < 1.29 is 4.79 Å². The van der Waals surface area contributed by atoms with Crippen LogP contribution >= 0.6 is 12.6 Å². The van der Waals surface area contributed by atoms with Gasteiger partial charge in [-0.2, -0.15) is 12.6 Å². The Bertz CT molecular complexity index is 454. The van der Waals surface area contributed by atoms with Gasteiger partial charge in [0.25, 0.3) is 0 Å². The molecule has 0 aliphatic heterocycles. The second-order valence-corrected chi connectivity index (χ2v) is 5.97. The molecule has 0 saturated carbocycles. The zero-order valence-electron chi connectivity index (χ0n) is 11.1. The van der Waals surface area contributed by atoms with Gasteiger partial charge in [-0.3, -0.25) is 4.79 Å². The van der Waals surface area contributed by atoms with Crippen LogP contribution in [-0.4, -0.2) is 18.2 Å². The minimum atomic E-state index is -0.0315. The summed E-state index contributed by atoms with van der Waals surface area (Å²) < 4.78 is 0. The molecule has 1 aliphatic rings. The van der Waals surface area contributed by atoms with E-state index in [1.165, 1.54) is 36.0 Å². The first-order valence-corrected chi connectivity index (χ1v) is 7.16. The second kappa shape index (κ2) is 5.35. The number of carbonyl (C=O) groups is 1. The Morgan fingerprint density at radius 1 is 1.33 bits per heavy atom. The summed E-state index contributed by atoms with van der Waals surface area (Å²) in [5.74, 6) is 0.243. The van der Waals surface area contributed by atoms with E-state index in [1.807, 2.05) is 0 Å². The van der Waals surface area contributed by atoms with Crippen LogP contribution < -0.4 is 5.32 Å². The molecule has 1 N–H and O–H groups in total. The number of benzene rings is 1. The van der Waals surface area contributed by atoms with E-state index in [2.05, 4.69) is 50.0 Å². The summed E-state index contributed by atoms with van der Waals surface area (Å²) in [4.78, 5) is 11.3. The molecule has 98 valence electrons. The highest BCUT2D eigenvalue weighted by Crippen LogP contribution is 2.29. The van der Waals surface area contributed by atoms with Crippen LogP contribution in [-0.2, 0) is 23.1 Å². The lowest BCUT2D eigenvalue weighted by Crippen LogP contribution is -2.37. The van der Waals surface area contributed by atoms with Crippen LogP contribution in [0.5, 0.6) is 0 Å². The van der Waals surface area contributed by atoms with Crippen molar-refractivity contribution in [2.45, 2.75) is 38.5 Å². The molecular formula is C15H21NOS. The van der Waals surface area contributed by atoms with Crippen molar-refractivity contribution in [1.82, 2.24) is 5.32 Å². The third-order valence-electron chi connectivity index (χ3n) is 3.75. The number of carbonyl (C=O) groups excluding carboxylic acids is 1. The van der Waals surface area contributed by atoms with Crippen molar-refractivity contribution in [1.29, 1.82) is 0 Å². The number of hydrogen-bond donors (Lipinski definition) is 2. The summed E-state index contributed by atoms with van der Waals surface area (Å²) in [6.07, 6.45) is 3.68. The molecule has 1 amide bonds. The predicted molar refractivity (Wildman–Crippen MR) is 78.4 cm³/mol. The molecular weight excluding hydrogens is 242 g/mol. The molecule has 0 atom stereocenters. The van der Waals surface area contributed by atoms with E-state index in [1.54, 1.807) is 0 Å². The molecule has 3 heteroatoms. The first kappa shape index (κ1) is 13.5. The Balaban J connectivity index is 2.11. The van der Waals surface area contributed by atoms with E-state index >= 15 is 0 Å². The topological polar surface area (TPSA) is 29.1 Å². The van der Waals surface area contributed by atoms with Gasteiger partial charge in [-0.25, -0.2) is 0 Å². The van der Waals surface area contributed by atoms with Gasteiger partial charge in [0.15, 0.2) is 0 Å². The quantitative estimate of drug-likeness (QED) is 0.803. The second-order valence-electron chi connectivity index (χ2n) is 5.66. The molecule has 0 aromatic heterocycles. The number of aryl methyl sites for hydroxylation is 2. The van der Waals surface area contributed by atoms with E-state index in [9.17, 15) is 4.79 Å². The standard InChI is InChI=1S/C15H21NOS/c1-15(2,10-16-14(17)9-18)13-7-6-11-4-3-5-12(11)8-13/h6-8,18H,3-5,9-10H2,1-2H3,(H,16,17). The molecule has 0 fully saturated rings. The smallest absolute Gasteiger partial charge is 0.229 e. The highest BCUT2D eigenvalue weighted by atomic mass is 32.1. The maximum atomic E-state index is 11.3. The van der Waals surface area contributed by atoms with Crippen molar-refractivity contribution in [2.75, 3.05) is 12.3 Å². The van der Waals surface area contributed by atoms with Gasteiger partial charge in [-0.15, -0.1) is 0 Å². The lowest BCUT2D eigenvalue weighted by molar-refractivity contribution is -0.118. The van der Waals surface area contributed by atoms with Crippen LogP contribution in [0.25, 0.3) is 0 Å². The van der Waals surface area contributed by atoms with Crippen LogP contribution in [0.4, 0.5) is 0 Å².